The predicted octanol–water partition coefficient (Wildman–Crippen LogP) is 5.08. The second kappa shape index (κ2) is 7.72. The third-order valence-corrected chi connectivity index (χ3v) is 11.3. The van der Waals surface area contributed by atoms with Crippen LogP contribution in [0.4, 0.5) is 5.82 Å². The molecule has 1 aliphatic heterocycles. The van der Waals surface area contributed by atoms with E-state index in [1.807, 2.05) is 11.0 Å². The molecule has 7 heteroatoms. The summed E-state index contributed by atoms with van der Waals surface area (Å²) >= 11 is 3.37. The molecule has 3 rings (SSSR count). The fourth-order valence-corrected chi connectivity index (χ4v) is 5.81. The van der Waals surface area contributed by atoms with Gasteiger partial charge in [-0.3, -0.25) is 9.69 Å². The Kier molecular flexibility index (Phi) is 6.01. The van der Waals surface area contributed by atoms with Crippen molar-refractivity contribution in [3.63, 3.8) is 0 Å². The standard InChI is InChI=1S/C21H33BrN2O3Si/c1-20(2,3)28(5,6)27-21(4)12-16(13-21)24-18(25)8-7-15-11-17(26-10-9-22)14-23-19(15)24/h11,14,16H,7-10,12-13H2,1-6H3. The van der Waals surface area contributed by atoms with Crippen molar-refractivity contribution in [2.24, 2.45) is 0 Å². The van der Waals surface area contributed by atoms with Crippen molar-refractivity contribution in [2.75, 3.05) is 16.8 Å². The highest BCUT2D eigenvalue weighted by Gasteiger charge is 2.51. The number of carbonyl (C=O) groups excluding carboxylic acids is 1. The summed E-state index contributed by atoms with van der Waals surface area (Å²) in [5.41, 5.74) is 0.954. The summed E-state index contributed by atoms with van der Waals surface area (Å²) in [7, 11) is -1.84. The van der Waals surface area contributed by atoms with Crippen molar-refractivity contribution >= 4 is 36.0 Å². The molecule has 0 spiro atoms. The fraction of sp³-hybridized carbons (Fsp3) is 0.714. The topological polar surface area (TPSA) is 51.7 Å². The van der Waals surface area contributed by atoms with E-state index in [9.17, 15) is 4.79 Å². The maximum absolute atomic E-state index is 12.7. The van der Waals surface area contributed by atoms with Gasteiger partial charge < -0.3 is 9.16 Å². The number of aromatic nitrogens is 1. The summed E-state index contributed by atoms with van der Waals surface area (Å²) in [6, 6.07) is 2.21. The van der Waals surface area contributed by atoms with Crippen LogP contribution in [0, 0.1) is 0 Å². The zero-order chi connectivity index (χ0) is 20.7. The highest BCUT2D eigenvalue weighted by atomic mass is 79.9. The molecule has 0 atom stereocenters. The molecule has 2 heterocycles. The zero-order valence-corrected chi connectivity index (χ0v) is 20.6. The van der Waals surface area contributed by atoms with E-state index >= 15 is 0 Å². The fourth-order valence-electron chi connectivity index (χ4n) is 3.95. The number of hydrogen-bond donors (Lipinski definition) is 0. The molecule has 0 radical (unpaired) electrons. The van der Waals surface area contributed by atoms with Crippen LogP contribution in [-0.2, 0) is 15.6 Å². The van der Waals surface area contributed by atoms with Crippen LogP contribution in [0.3, 0.4) is 0 Å². The van der Waals surface area contributed by atoms with Gasteiger partial charge in [0.1, 0.15) is 11.6 Å². The molecule has 0 N–H and O–H groups in total. The van der Waals surface area contributed by atoms with Gasteiger partial charge in [0.05, 0.1) is 18.4 Å². The van der Waals surface area contributed by atoms with Gasteiger partial charge in [0.25, 0.3) is 0 Å². The van der Waals surface area contributed by atoms with Crippen LogP contribution >= 0.6 is 15.9 Å². The average molecular weight is 469 g/mol. The Balaban J connectivity index is 1.73. The van der Waals surface area contributed by atoms with Gasteiger partial charge in [0.15, 0.2) is 8.32 Å². The van der Waals surface area contributed by atoms with Gasteiger partial charge in [-0.15, -0.1) is 0 Å². The van der Waals surface area contributed by atoms with Gasteiger partial charge in [-0.05, 0) is 55.9 Å². The number of halogens is 1. The minimum Gasteiger partial charge on any atom is -0.491 e. The summed E-state index contributed by atoms with van der Waals surface area (Å²) in [5.74, 6) is 1.75. The van der Waals surface area contributed by atoms with Crippen LogP contribution < -0.4 is 9.64 Å². The Bertz CT molecular complexity index is 742. The molecule has 0 bridgehead atoms. The lowest BCUT2D eigenvalue weighted by Crippen LogP contribution is -2.61. The molecule has 0 unspecified atom stereocenters. The molecule has 1 aliphatic carbocycles. The van der Waals surface area contributed by atoms with Gasteiger partial charge in [0.2, 0.25) is 5.91 Å². The number of hydrogen-bond acceptors (Lipinski definition) is 4. The Labute approximate surface area is 178 Å². The summed E-state index contributed by atoms with van der Waals surface area (Å²) in [6.07, 6.45) is 4.74. The monoisotopic (exact) mass is 468 g/mol. The van der Waals surface area contributed by atoms with Gasteiger partial charge in [0, 0.05) is 17.8 Å². The van der Waals surface area contributed by atoms with Crippen LogP contribution in [0.25, 0.3) is 0 Å². The second-order valence-corrected chi connectivity index (χ2v) is 15.3. The van der Waals surface area contributed by atoms with Gasteiger partial charge in [-0.25, -0.2) is 4.98 Å². The van der Waals surface area contributed by atoms with Crippen LogP contribution in [0.15, 0.2) is 12.3 Å². The molecule has 1 fully saturated rings. The first-order valence-corrected chi connectivity index (χ1v) is 14.2. The maximum Gasteiger partial charge on any atom is 0.228 e. The van der Waals surface area contributed by atoms with Crippen LogP contribution in [0.5, 0.6) is 5.75 Å². The molecule has 5 nitrogen and oxygen atoms in total. The number of rotatable bonds is 6. The summed E-state index contributed by atoms with van der Waals surface area (Å²) in [5, 5.41) is 0.964. The highest BCUT2D eigenvalue weighted by molar-refractivity contribution is 9.09. The molecule has 1 aromatic heterocycles. The SMILES string of the molecule is CC1(O[Si](C)(C)C(C)(C)C)CC(N2C(=O)CCc3cc(OCCBr)cnc32)C1. The molecule has 156 valence electrons. The second-order valence-electron chi connectivity index (χ2n) is 9.83. The van der Waals surface area contributed by atoms with Crippen LogP contribution in [-0.4, -0.2) is 42.8 Å². The molecular weight excluding hydrogens is 436 g/mol. The van der Waals surface area contributed by atoms with Crippen LogP contribution in [0.1, 0.15) is 52.5 Å². The molecule has 28 heavy (non-hydrogen) atoms. The predicted molar refractivity (Wildman–Crippen MR) is 119 cm³/mol. The molecule has 2 aliphatic rings. The first-order chi connectivity index (χ1) is 13.0. The summed E-state index contributed by atoms with van der Waals surface area (Å²) in [4.78, 5) is 19.2. The lowest BCUT2D eigenvalue weighted by atomic mass is 9.75. The Morgan fingerprint density at radius 3 is 2.61 bits per heavy atom. The molecule has 0 aromatic carbocycles. The third kappa shape index (κ3) is 4.31. The van der Waals surface area contributed by atoms with E-state index in [0.717, 1.165) is 41.7 Å². The van der Waals surface area contributed by atoms with E-state index in [1.54, 1.807) is 6.20 Å². The molecular formula is C21H33BrN2O3Si. The number of nitrogens with zero attached hydrogens (tertiary/aromatic N) is 2. The van der Waals surface area contributed by atoms with E-state index in [0.29, 0.717) is 13.0 Å². The first-order valence-electron chi connectivity index (χ1n) is 10.2. The Morgan fingerprint density at radius 1 is 1.32 bits per heavy atom. The van der Waals surface area contributed by atoms with Crippen molar-refractivity contribution in [1.82, 2.24) is 4.98 Å². The molecule has 0 saturated heterocycles. The number of anilines is 1. The van der Waals surface area contributed by atoms with Crippen molar-refractivity contribution in [3.8, 4) is 5.75 Å². The van der Waals surface area contributed by atoms with E-state index in [-0.39, 0.29) is 22.6 Å². The zero-order valence-electron chi connectivity index (χ0n) is 18.0. The van der Waals surface area contributed by atoms with E-state index in [1.165, 1.54) is 0 Å². The number of ether oxygens (including phenoxy) is 1. The summed E-state index contributed by atoms with van der Waals surface area (Å²) in [6.45, 7) is 14.2. The number of pyridine rings is 1. The minimum absolute atomic E-state index is 0.148. The van der Waals surface area contributed by atoms with E-state index < -0.39 is 8.32 Å². The van der Waals surface area contributed by atoms with Crippen molar-refractivity contribution in [1.29, 1.82) is 0 Å². The van der Waals surface area contributed by atoms with Gasteiger partial charge in [-0.1, -0.05) is 36.7 Å². The average Bonchev–Trinajstić information content (AvgIpc) is 2.56. The minimum atomic E-state index is -1.84. The largest absolute Gasteiger partial charge is 0.491 e. The number of amides is 1. The lowest BCUT2D eigenvalue weighted by molar-refractivity contribution is -0.121. The number of alkyl halides is 1. The highest BCUT2D eigenvalue weighted by Crippen LogP contribution is 2.47. The normalized spacial score (nSPS) is 25.3. The van der Waals surface area contributed by atoms with Crippen molar-refractivity contribution in [2.45, 2.75) is 83.2 Å². The first kappa shape index (κ1) is 21.8. The molecule has 1 saturated carbocycles. The maximum atomic E-state index is 12.7. The van der Waals surface area contributed by atoms with Gasteiger partial charge >= 0.3 is 0 Å². The Hall–Kier alpha value is -0.923. The third-order valence-electron chi connectivity index (χ3n) is 6.38. The van der Waals surface area contributed by atoms with E-state index in [4.69, 9.17) is 9.16 Å². The molecule has 1 amide bonds. The smallest absolute Gasteiger partial charge is 0.228 e. The quantitative estimate of drug-likeness (QED) is 0.431. The number of fused-ring (bicyclic) bond motifs is 1. The summed E-state index contributed by atoms with van der Waals surface area (Å²) < 4.78 is 12.4. The number of aryl methyl sites for hydroxylation is 1. The Morgan fingerprint density at radius 2 is 2.00 bits per heavy atom. The molecule has 1 aromatic rings. The van der Waals surface area contributed by atoms with Crippen molar-refractivity contribution < 1.29 is 14.0 Å². The van der Waals surface area contributed by atoms with Crippen molar-refractivity contribution in [3.05, 3.63) is 17.8 Å². The number of carbonyl (C=O) groups is 1. The van der Waals surface area contributed by atoms with Gasteiger partial charge in [-0.2, -0.15) is 0 Å². The van der Waals surface area contributed by atoms with E-state index in [2.05, 4.69) is 61.7 Å². The van der Waals surface area contributed by atoms with Crippen LogP contribution in [0.2, 0.25) is 18.1 Å². The lowest BCUT2D eigenvalue weighted by Gasteiger charge is -2.54.